The summed E-state index contributed by atoms with van der Waals surface area (Å²) in [5.41, 5.74) is 3.33. The van der Waals surface area contributed by atoms with E-state index in [4.69, 9.17) is 4.74 Å². The Morgan fingerprint density at radius 1 is 1.20 bits per heavy atom. The molecule has 6 heteroatoms. The summed E-state index contributed by atoms with van der Waals surface area (Å²) in [5.74, 6) is 1.68. The van der Waals surface area contributed by atoms with Crippen molar-refractivity contribution in [3.63, 3.8) is 0 Å². The summed E-state index contributed by atoms with van der Waals surface area (Å²) in [6, 6.07) is 12.1. The maximum absolute atomic E-state index is 5.44. The monoisotopic (exact) mass is 454 g/mol. The van der Waals surface area contributed by atoms with Crippen molar-refractivity contribution in [2.75, 3.05) is 20.2 Å². The molecule has 0 aliphatic heterocycles. The Kier molecular flexibility index (Phi) is 9.91. The fourth-order valence-electron chi connectivity index (χ4n) is 2.34. The van der Waals surface area contributed by atoms with Crippen LogP contribution < -0.4 is 15.4 Å². The number of methoxy groups -OCH3 is 1. The first-order valence-electron chi connectivity index (χ1n) is 8.28. The van der Waals surface area contributed by atoms with Crippen molar-refractivity contribution in [2.24, 2.45) is 4.99 Å². The molecule has 1 aromatic carbocycles. The van der Waals surface area contributed by atoms with Crippen molar-refractivity contribution in [1.82, 2.24) is 15.6 Å². The minimum Gasteiger partial charge on any atom is -0.496 e. The quantitative estimate of drug-likeness (QED) is 0.383. The molecule has 0 unspecified atom stereocenters. The highest BCUT2D eigenvalue weighted by Gasteiger charge is 2.04. The summed E-state index contributed by atoms with van der Waals surface area (Å²) in [7, 11) is 1.69. The van der Waals surface area contributed by atoms with Gasteiger partial charge in [0.15, 0.2) is 5.96 Å². The molecule has 2 rings (SSSR count). The van der Waals surface area contributed by atoms with Gasteiger partial charge in [0.25, 0.3) is 0 Å². The van der Waals surface area contributed by atoms with Gasteiger partial charge in [-0.05, 0) is 37.6 Å². The van der Waals surface area contributed by atoms with Crippen molar-refractivity contribution >= 4 is 29.9 Å². The molecule has 0 bridgehead atoms. The molecule has 0 fully saturated rings. The van der Waals surface area contributed by atoms with Crippen LogP contribution in [0.2, 0.25) is 0 Å². The summed E-state index contributed by atoms with van der Waals surface area (Å²) in [6.07, 6.45) is 2.68. The third kappa shape index (κ3) is 7.29. The summed E-state index contributed by atoms with van der Waals surface area (Å²) in [4.78, 5) is 8.98. The standard InChI is InChI=1S/C19H26N4O.HI/c1-4-20-19(22-12-10-17-7-5-6-11-21-17)23-14-16-9-8-15(2)13-18(16)24-3;/h5-9,11,13H,4,10,12,14H2,1-3H3,(H2,20,22,23);1H. The number of ether oxygens (including phenoxy) is 1. The lowest BCUT2D eigenvalue weighted by molar-refractivity contribution is 0.409. The summed E-state index contributed by atoms with van der Waals surface area (Å²) >= 11 is 0. The Bertz CT molecular complexity index is 662. The van der Waals surface area contributed by atoms with Crippen LogP contribution >= 0.6 is 24.0 Å². The molecule has 0 saturated carbocycles. The minimum atomic E-state index is 0. The number of rotatable bonds is 7. The van der Waals surface area contributed by atoms with Gasteiger partial charge >= 0.3 is 0 Å². The third-order valence-electron chi connectivity index (χ3n) is 3.59. The average Bonchev–Trinajstić information content (AvgIpc) is 2.61. The van der Waals surface area contributed by atoms with E-state index in [2.05, 4.69) is 46.6 Å². The Hall–Kier alpha value is -1.83. The van der Waals surface area contributed by atoms with Crippen molar-refractivity contribution in [3.05, 3.63) is 59.4 Å². The van der Waals surface area contributed by atoms with Gasteiger partial charge in [-0.15, -0.1) is 24.0 Å². The SMILES string of the molecule is CCNC(=NCc1ccc(C)cc1OC)NCCc1ccccn1.I. The molecule has 136 valence electrons. The molecule has 0 aliphatic rings. The van der Waals surface area contributed by atoms with Crippen LogP contribution in [0, 0.1) is 6.92 Å². The van der Waals surface area contributed by atoms with Crippen LogP contribution in [0.3, 0.4) is 0 Å². The first kappa shape index (κ1) is 21.2. The van der Waals surface area contributed by atoms with Gasteiger partial charge in [0, 0.05) is 37.0 Å². The Morgan fingerprint density at radius 3 is 2.72 bits per heavy atom. The van der Waals surface area contributed by atoms with Crippen LogP contribution in [0.5, 0.6) is 5.75 Å². The number of pyridine rings is 1. The van der Waals surface area contributed by atoms with Gasteiger partial charge in [-0.2, -0.15) is 0 Å². The van der Waals surface area contributed by atoms with Crippen LogP contribution in [0.25, 0.3) is 0 Å². The van der Waals surface area contributed by atoms with Gasteiger partial charge in [-0.1, -0.05) is 18.2 Å². The number of nitrogens with zero attached hydrogens (tertiary/aromatic N) is 2. The smallest absolute Gasteiger partial charge is 0.191 e. The number of hydrogen-bond acceptors (Lipinski definition) is 3. The van der Waals surface area contributed by atoms with Gasteiger partial charge in [0.05, 0.1) is 13.7 Å². The molecular weight excluding hydrogens is 427 g/mol. The fourth-order valence-corrected chi connectivity index (χ4v) is 2.34. The van der Waals surface area contributed by atoms with E-state index in [-0.39, 0.29) is 24.0 Å². The predicted molar refractivity (Wildman–Crippen MR) is 114 cm³/mol. The van der Waals surface area contributed by atoms with Crippen molar-refractivity contribution in [2.45, 2.75) is 26.8 Å². The van der Waals surface area contributed by atoms with E-state index in [0.29, 0.717) is 6.54 Å². The number of guanidine groups is 1. The highest BCUT2D eigenvalue weighted by atomic mass is 127. The molecule has 25 heavy (non-hydrogen) atoms. The zero-order chi connectivity index (χ0) is 17.2. The van der Waals surface area contributed by atoms with Gasteiger partial charge < -0.3 is 15.4 Å². The second-order valence-corrected chi connectivity index (χ2v) is 5.51. The fraction of sp³-hybridized carbons (Fsp3) is 0.368. The molecule has 1 aromatic heterocycles. The topological polar surface area (TPSA) is 58.5 Å². The van der Waals surface area contributed by atoms with Crippen LogP contribution in [0.1, 0.15) is 23.7 Å². The average molecular weight is 454 g/mol. The lowest BCUT2D eigenvalue weighted by atomic mass is 10.1. The van der Waals surface area contributed by atoms with Crippen molar-refractivity contribution in [1.29, 1.82) is 0 Å². The van der Waals surface area contributed by atoms with Gasteiger partial charge in [0.1, 0.15) is 5.75 Å². The predicted octanol–water partition coefficient (Wildman–Crippen LogP) is 3.31. The first-order chi connectivity index (χ1) is 11.7. The minimum absolute atomic E-state index is 0. The van der Waals surface area contributed by atoms with Crippen LogP contribution in [0.4, 0.5) is 0 Å². The number of hydrogen-bond donors (Lipinski definition) is 2. The number of aliphatic imine (C=N–C) groups is 1. The molecule has 5 nitrogen and oxygen atoms in total. The molecule has 0 atom stereocenters. The van der Waals surface area contributed by atoms with Crippen LogP contribution in [-0.4, -0.2) is 31.1 Å². The molecule has 0 radical (unpaired) electrons. The normalized spacial score (nSPS) is 10.8. The molecule has 1 heterocycles. The Balaban J connectivity index is 0.00000312. The van der Waals surface area contributed by atoms with E-state index in [1.165, 1.54) is 5.56 Å². The first-order valence-corrected chi connectivity index (χ1v) is 8.28. The zero-order valence-electron chi connectivity index (χ0n) is 15.1. The van der Waals surface area contributed by atoms with E-state index in [1.807, 2.05) is 30.5 Å². The summed E-state index contributed by atoms with van der Waals surface area (Å²) in [6.45, 7) is 6.29. The molecule has 0 amide bonds. The van der Waals surface area contributed by atoms with Crippen LogP contribution in [0.15, 0.2) is 47.6 Å². The van der Waals surface area contributed by atoms with E-state index in [0.717, 1.165) is 42.5 Å². The number of benzene rings is 1. The molecule has 2 N–H and O–H groups in total. The van der Waals surface area contributed by atoms with E-state index >= 15 is 0 Å². The summed E-state index contributed by atoms with van der Waals surface area (Å²) in [5, 5.41) is 6.61. The highest BCUT2D eigenvalue weighted by Crippen LogP contribution is 2.20. The molecule has 0 saturated heterocycles. The number of halogens is 1. The molecule has 2 aromatic rings. The number of nitrogens with one attached hydrogen (secondary N) is 2. The Labute approximate surface area is 167 Å². The van der Waals surface area contributed by atoms with Gasteiger partial charge in [-0.25, -0.2) is 4.99 Å². The van der Waals surface area contributed by atoms with Gasteiger partial charge in [-0.3, -0.25) is 4.98 Å². The zero-order valence-corrected chi connectivity index (χ0v) is 17.4. The number of aryl methyl sites for hydroxylation is 1. The second-order valence-electron chi connectivity index (χ2n) is 5.51. The van der Waals surface area contributed by atoms with E-state index in [1.54, 1.807) is 7.11 Å². The largest absolute Gasteiger partial charge is 0.496 e. The third-order valence-corrected chi connectivity index (χ3v) is 3.59. The second kappa shape index (κ2) is 11.7. The molecule has 0 spiro atoms. The van der Waals surface area contributed by atoms with Crippen molar-refractivity contribution in [3.8, 4) is 5.75 Å². The maximum Gasteiger partial charge on any atom is 0.191 e. The molecular formula is C19H27IN4O. The van der Waals surface area contributed by atoms with E-state index in [9.17, 15) is 0 Å². The summed E-state index contributed by atoms with van der Waals surface area (Å²) < 4.78 is 5.44. The lowest BCUT2D eigenvalue weighted by Crippen LogP contribution is -2.38. The van der Waals surface area contributed by atoms with E-state index < -0.39 is 0 Å². The maximum atomic E-state index is 5.44. The Morgan fingerprint density at radius 2 is 2.04 bits per heavy atom. The molecule has 0 aliphatic carbocycles. The van der Waals surface area contributed by atoms with Gasteiger partial charge in [0.2, 0.25) is 0 Å². The lowest BCUT2D eigenvalue weighted by Gasteiger charge is -2.12. The highest BCUT2D eigenvalue weighted by molar-refractivity contribution is 14.0. The number of aromatic nitrogens is 1. The van der Waals surface area contributed by atoms with Crippen molar-refractivity contribution < 1.29 is 4.74 Å². The van der Waals surface area contributed by atoms with Crippen LogP contribution in [-0.2, 0) is 13.0 Å².